The van der Waals surface area contributed by atoms with Crippen molar-refractivity contribution in [3.05, 3.63) is 57.9 Å². The standard InChI is InChI=1S/C26H29FN4O3/c1-15-13-26(9-6-10-26)31-14-18(16(2)32)24(33)19-21(28)20(27)22(25(34-15)23(19)31)30-12-5-8-17-7-3-4-11-29-17/h3-4,7,11,14-15,30H,5-6,8-10,12-13,28H2,1-2H3. The van der Waals surface area contributed by atoms with Crippen molar-refractivity contribution in [3.8, 4) is 5.75 Å². The Morgan fingerprint density at radius 3 is 2.82 bits per heavy atom. The number of hydrogen-bond acceptors (Lipinski definition) is 6. The van der Waals surface area contributed by atoms with Gasteiger partial charge in [0.2, 0.25) is 5.43 Å². The number of aryl methyl sites for hydroxylation is 1. The molecule has 3 aromatic rings. The molecule has 8 heteroatoms. The van der Waals surface area contributed by atoms with E-state index in [9.17, 15) is 9.59 Å². The number of ether oxygens (including phenoxy) is 1. The highest BCUT2D eigenvalue weighted by molar-refractivity contribution is 6.04. The van der Waals surface area contributed by atoms with Crippen LogP contribution in [0.4, 0.5) is 15.8 Å². The molecular formula is C26H29FN4O3. The first-order valence-electron chi connectivity index (χ1n) is 11.8. The third-order valence-corrected chi connectivity index (χ3v) is 7.17. The fraction of sp³-hybridized carbons (Fsp3) is 0.423. The summed E-state index contributed by atoms with van der Waals surface area (Å²) in [5.74, 6) is -0.786. The Morgan fingerprint density at radius 1 is 1.38 bits per heavy atom. The van der Waals surface area contributed by atoms with Crippen molar-refractivity contribution in [2.45, 2.75) is 64.0 Å². The minimum Gasteiger partial charge on any atom is -0.486 e. The van der Waals surface area contributed by atoms with E-state index in [1.54, 1.807) is 12.4 Å². The molecule has 2 aliphatic rings. The molecule has 0 saturated heterocycles. The number of nitrogens with zero attached hydrogens (tertiary/aromatic N) is 2. The third-order valence-electron chi connectivity index (χ3n) is 7.17. The predicted octanol–water partition coefficient (Wildman–Crippen LogP) is 4.42. The number of fused-ring (bicyclic) bond motifs is 1. The minimum absolute atomic E-state index is 0.0274. The van der Waals surface area contributed by atoms with Gasteiger partial charge in [-0.05, 0) is 58.1 Å². The Kier molecular flexibility index (Phi) is 5.54. The first-order chi connectivity index (χ1) is 16.3. The summed E-state index contributed by atoms with van der Waals surface area (Å²) in [7, 11) is 0. The van der Waals surface area contributed by atoms with E-state index in [4.69, 9.17) is 10.5 Å². The molecule has 1 saturated carbocycles. The van der Waals surface area contributed by atoms with E-state index in [0.717, 1.165) is 37.8 Å². The van der Waals surface area contributed by atoms with E-state index < -0.39 is 11.2 Å². The van der Waals surface area contributed by atoms with Gasteiger partial charge in [0.15, 0.2) is 17.3 Å². The number of nitrogens with one attached hydrogen (secondary N) is 1. The SMILES string of the molecule is CC(=O)c1cn2c3c(c(NCCCc4ccccn4)c(F)c(N)c3c1=O)OC(C)CC21CCC1. The van der Waals surface area contributed by atoms with Crippen molar-refractivity contribution in [2.24, 2.45) is 0 Å². The predicted molar refractivity (Wildman–Crippen MR) is 130 cm³/mol. The number of rotatable bonds is 6. The van der Waals surface area contributed by atoms with Gasteiger partial charge in [0.25, 0.3) is 0 Å². The number of anilines is 2. The van der Waals surface area contributed by atoms with Crippen molar-refractivity contribution in [1.29, 1.82) is 0 Å². The van der Waals surface area contributed by atoms with Crippen LogP contribution in [0.5, 0.6) is 5.75 Å². The van der Waals surface area contributed by atoms with E-state index in [1.807, 2.05) is 29.7 Å². The quantitative estimate of drug-likeness (QED) is 0.318. The smallest absolute Gasteiger partial charge is 0.202 e. The van der Waals surface area contributed by atoms with Crippen LogP contribution in [0, 0.1) is 5.82 Å². The van der Waals surface area contributed by atoms with Gasteiger partial charge in [-0.1, -0.05) is 6.07 Å². The first kappa shape index (κ1) is 22.4. The molecule has 5 rings (SSSR count). The van der Waals surface area contributed by atoms with Crippen molar-refractivity contribution in [3.63, 3.8) is 0 Å². The number of nitrogen functional groups attached to an aromatic ring is 1. The molecule has 34 heavy (non-hydrogen) atoms. The van der Waals surface area contributed by atoms with Crippen LogP contribution in [-0.4, -0.2) is 28.0 Å². The number of carbonyl (C=O) groups excluding carboxylic acids is 1. The van der Waals surface area contributed by atoms with Gasteiger partial charge < -0.3 is 20.4 Å². The summed E-state index contributed by atoms with van der Waals surface area (Å²) < 4.78 is 23.9. The molecule has 1 spiro atoms. The largest absolute Gasteiger partial charge is 0.486 e. The Balaban J connectivity index is 1.64. The molecule has 3 heterocycles. The number of carbonyl (C=O) groups is 1. The molecule has 1 aromatic carbocycles. The second-order valence-corrected chi connectivity index (χ2v) is 9.52. The third kappa shape index (κ3) is 3.52. The maximum absolute atomic E-state index is 15.6. The molecule has 1 fully saturated rings. The van der Waals surface area contributed by atoms with Crippen molar-refractivity contribution in [2.75, 3.05) is 17.6 Å². The molecule has 1 atom stereocenters. The van der Waals surface area contributed by atoms with Crippen LogP contribution in [0.2, 0.25) is 0 Å². The van der Waals surface area contributed by atoms with Crippen LogP contribution in [0.1, 0.15) is 62.0 Å². The van der Waals surface area contributed by atoms with Crippen molar-refractivity contribution in [1.82, 2.24) is 9.55 Å². The lowest BCUT2D eigenvalue weighted by atomic mass is 9.72. The highest BCUT2D eigenvalue weighted by Gasteiger charge is 2.44. The van der Waals surface area contributed by atoms with Gasteiger partial charge in [-0.2, -0.15) is 0 Å². The van der Waals surface area contributed by atoms with Crippen LogP contribution in [0.25, 0.3) is 10.9 Å². The maximum atomic E-state index is 15.6. The van der Waals surface area contributed by atoms with Gasteiger partial charge >= 0.3 is 0 Å². The fourth-order valence-corrected chi connectivity index (χ4v) is 5.38. The van der Waals surface area contributed by atoms with E-state index in [1.165, 1.54) is 6.92 Å². The Hall–Kier alpha value is -3.42. The summed E-state index contributed by atoms with van der Waals surface area (Å²) in [5, 5.41) is 3.20. The molecule has 3 N–H and O–H groups in total. The van der Waals surface area contributed by atoms with Crippen LogP contribution in [0.3, 0.4) is 0 Å². The molecule has 0 radical (unpaired) electrons. The number of ketones is 1. The van der Waals surface area contributed by atoms with E-state index in [-0.39, 0.29) is 39.8 Å². The number of aromatic nitrogens is 2. The summed E-state index contributed by atoms with van der Waals surface area (Å²) in [6.07, 6.45) is 8.21. The lowest BCUT2D eigenvalue weighted by Crippen LogP contribution is -2.43. The molecule has 1 aliphatic carbocycles. The monoisotopic (exact) mass is 464 g/mol. The summed E-state index contributed by atoms with van der Waals surface area (Å²) in [5.41, 5.74) is 6.79. The van der Waals surface area contributed by atoms with Gasteiger partial charge in [0.05, 0.1) is 28.3 Å². The molecule has 0 amide bonds. The summed E-state index contributed by atoms with van der Waals surface area (Å²) in [4.78, 5) is 29.9. The van der Waals surface area contributed by atoms with Crippen LogP contribution in [0.15, 0.2) is 35.4 Å². The molecule has 178 valence electrons. The number of benzene rings is 1. The zero-order chi connectivity index (χ0) is 24.0. The molecule has 2 aromatic heterocycles. The first-order valence-corrected chi connectivity index (χ1v) is 11.8. The van der Waals surface area contributed by atoms with Crippen molar-refractivity contribution < 1.29 is 13.9 Å². The lowest BCUT2D eigenvalue weighted by Gasteiger charge is -2.44. The van der Waals surface area contributed by atoms with E-state index in [0.29, 0.717) is 24.2 Å². The van der Waals surface area contributed by atoms with Gasteiger partial charge in [0, 0.05) is 36.6 Å². The molecule has 1 aliphatic heterocycles. The van der Waals surface area contributed by atoms with Crippen LogP contribution in [-0.2, 0) is 12.0 Å². The zero-order valence-electron chi connectivity index (χ0n) is 19.5. The molecule has 1 unspecified atom stereocenters. The van der Waals surface area contributed by atoms with Crippen LogP contribution < -0.4 is 21.2 Å². The Labute approximate surface area is 197 Å². The minimum atomic E-state index is -0.721. The number of hydrogen-bond donors (Lipinski definition) is 2. The normalized spacial score (nSPS) is 18.3. The summed E-state index contributed by atoms with van der Waals surface area (Å²) in [6.45, 7) is 3.79. The number of Topliss-reactive ketones (excluding diaryl/α,β-unsaturated/α-hetero) is 1. The average Bonchev–Trinajstić information content (AvgIpc) is 2.92. The van der Waals surface area contributed by atoms with E-state index >= 15 is 4.39 Å². The highest BCUT2D eigenvalue weighted by atomic mass is 19.1. The van der Waals surface area contributed by atoms with Crippen LogP contribution >= 0.6 is 0 Å². The van der Waals surface area contributed by atoms with E-state index in [2.05, 4.69) is 10.3 Å². The fourth-order valence-electron chi connectivity index (χ4n) is 5.38. The molecule has 7 nitrogen and oxygen atoms in total. The Morgan fingerprint density at radius 2 is 2.18 bits per heavy atom. The average molecular weight is 465 g/mol. The topological polar surface area (TPSA) is 99.2 Å². The summed E-state index contributed by atoms with van der Waals surface area (Å²) >= 11 is 0. The number of halogens is 1. The maximum Gasteiger partial charge on any atom is 0.202 e. The zero-order valence-corrected chi connectivity index (χ0v) is 19.5. The highest BCUT2D eigenvalue weighted by Crippen LogP contribution is 2.51. The van der Waals surface area contributed by atoms with Gasteiger partial charge in [-0.3, -0.25) is 14.6 Å². The molecular weight excluding hydrogens is 435 g/mol. The van der Waals surface area contributed by atoms with Crippen molar-refractivity contribution >= 4 is 28.1 Å². The van der Waals surface area contributed by atoms with Gasteiger partial charge in [-0.25, -0.2) is 4.39 Å². The number of nitrogens with two attached hydrogens (primary N) is 1. The molecule has 0 bridgehead atoms. The second kappa shape index (κ2) is 8.42. The Bertz CT molecular complexity index is 1330. The van der Waals surface area contributed by atoms with Gasteiger partial charge in [0.1, 0.15) is 5.69 Å². The van der Waals surface area contributed by atoms with Gasteiger partial charge in [-0.15, -0.1) is 0 Å². The summed E-state index contributed by atoms with van der Waals surface area (Å²) in [6, 6.07) is 5.76. The second-order valence-electron chi connectivity index (χ2n) is 9.52. The number of pyridine rings is 2. The lowest BCUT2D eigenvalue weighted by molar-refractivity contribution is 0.0833.